The number of nitrogens with zero attached hydrogens (tertiary/aromatic N) is 4. The Morgan fingerprint density at radius 3 is 2.59 bits per heavy atom. The van der Waals surface area contributed by atoms with E-state index >= 15 is 0 Å². The fraction of sp³-hybridized carbons (Fsp3) is 0.308. The number of rotatable bonds is 7. The Morgan fingerprint density at radius 2 is 1.81 bits per heavy atom. The molecule has 3 heterocycles. The summed E-state index contributed by atoms with van der Waals surface area (Å²) in [5.41, 5.74) is 5.67. The van der Waals surface area contributed by atoms with Crippen LogP contribution in [0, 0.1) is 0 Å². The highest BCUT2D eigenvalue weighted by Gasteiger charge is 2.12. The minimum absolute atomic E-state index is 0.511. The van der Waals surface area contributed by atoms with Crippen LogP contribution < -0.4 is 4.74 Å². The van der Waals surface area contributed by atoms with Crippen molar-refractivity contribution in [2.24, 2.45) is 0 Å². The number of hydrogen-bond donors (Lipinski definition) is 1. The lowest BCUT2D eigenvalue weighted by molar-refractivity contribution is 0.199. The number of aliphatic hydroxyl groups is 1. The van der Waals surface area contributed by atoms with Gasteiger partial charge in [0, 0.05) is 30.1 Å². The number of aromatic nitrogens is 3. The molecule has 1 aliphatic heterocycles. The van der Waals surface area contributed by atoms with Crippen molar-refractivity contribution in [3.63, 3.8) is 0 Å². The molecule has 2 aromatic heterocycles. The Hall–Kier alpha value is -3.22. The minimum Gasteiger partial charge on any atom is -0.492 e. The molecule has 0 radical (unpaired) electrons. The Balaban J connectivity index is 1.31. The van der Waals surface area contributed by atoms with Crippen molar-refractivity contribution in [3.05, 3.63) is 72.7 Å². The summed E-state index contributed by atoms with van der Waals surface area (Å²) < 4.78 is 7.72. The van der Waals surface area contributed by atoms with E-state index in [0.29, 0.717) is 0 Å². The van der Waals surface area contributed by atoms with Crippen LogP contribution in [0.1, 0.15) is 31.4 Å². The molecule has 0 unspecified atom stereocenters. The molecule has 6 heteroatoms. The van der Waals surface area contributed by atoms with Crippen LogP contribution in [0.3, 0.4) is 0 Å². The molecule has 1 atom stereocenters. The number of hydrogen-bond acceptors (Lipinski definition) is 5. The first-order chi connectivity index (χ1) is 15.7. The molecular weight excluding hydrogens is 400 g/mol. The molecule has 0 amide bonds. The molecule has 5 rings (SSSR count). The van der Waals surface area contributed by atoms with Gasteiger partial charge >= 0.3 is 0 Å². The summed E-state index contributed by atoms with van der Waals surface area (Å²) in [6, 6.07) is 16.0. The Labute approximate surface area is 188 Å². The molecule has 0 aliphatic carbocycles. The molecule has 1 aliphatic rings. The summed E-state index contributed by atoms with van der Waals surface area (Å²) in [5, 5.41) is 14.4. The predicted molar refractivity (Wildman–Crippen MR) is 126 cm³/mol. The Bertz CT molecular complexity index is 1190. The van der Waals surface area contributed by atoms with Crippen molar-refractivity contribution in [3.8, 4) is 28.0 Å². The summed E-state index contributed by atoms with van der Waals surface area (Å²) in [7, 11) is 0. The highest BCUT2D eigenvalue weighted by molar-refractivity contribution is 5.78. The van der Waals surface area contributed by atoms with Gasteiger partial charge in [0.05, 0.1) is 12.3 Å². The average molecular weight is 429 g/mol. The molecule has 4 aromatic rings. The van der Waals surface area contributed by atoms with Gasteiger partial charge in [0.25, 0.3) is 0 Å². The zero-order chi connectivity index (χ0) is 21.9. The molecule has 1 saturated heterocycles. The number of ether oxygens (including phenoxy) is 1. The van der Waals surface area contributed by atoms with Gasteiger partial charge in [-0.25, -0.2) is 9.50 Å². The second-order valence-corrected chi connectivity index (χ2v) is 8.39. The second kappa shape index (κ2) is 9.10. The highest BCUT2D eigenvalue weighted by atomic mass is 16.5. The first-order valence-electron chi connectivity index (χ1n) is 11.2. The van der Waals surface area contributed by atoms with E-state index in [2.05, 4.69) is 27.1 Å². The van der Waals surface area contributed by atoms with Crippen LogP contribution in [0.4, 0.5) is 0 Å². The third-order valence-electron chi connectivity index (χ3n) is 6.10. The summed E-state index contributed by atoms with van der Waals surface area (Å²) in [6.07, 6.45) is 7.79. The first-order valence-corrected chi connectivity index (χ1v) is 11.2. The SMILES string of the molecule is C[C@H](O)c1cccc(-c2cnn3cc(-c4ccc(OCCN5CCCC5)cc4)cnc23)c1. The zero-order valence-corrected chi connectivity index (χ0v) is 18.3. The Morgan fingerprint density at radius 1 is 1.00 bits per heavy atom. The summed E-state index contributed by atoms with van der Waals surface area (Å²) in [5.74, 6) is 0.890. The van der Waals surface area contributed by atoms with Gasteiger partial charge in [0.15, 0.2) is 5.65 Å². The van der Waals surface area contributed by atoms with E-state index in [-0.39, 0.29) is 0 Å². The van der Waals surface area contributed by atoms with Gasteiger partial charge in [-0.3, -0.25) is 4.90 Å². The fourth-order valence-corrected chi connectivity index (χ4v) is 4.24. The largest absolute Gasteiger partial charge is 0.492 e. The van der Waals surface area contributed by atoms with Gasteiger partial charge in [-0.1, -0.05) is 30.3 Å². The smallest absolute Gasteiger partial charge is 0.162 e. The van der Waals surface area contributed by atoms with Crippen LogP contribution in [0.25, 0.3) is 27.9 Å². The van der Waals surface area contributed by atoms with E-state index in [1.807, 2.05) is 55.0 Å². The number of likely N-dealkylation sites (tertiary alicyclic amines) is 1. The maximum atomic E-state index is 9.89. The number of benzene rings is 2. The van der Waals surface area contributed by atoms with Crippen LogP contribution in [-0.2, 0) is 0 Å². The molecule has 32 heavy (non-hydrogen) atoms. The maximum absolute atomic E-state index is 9.89. The lowest BCUT2D eigenvalue weighted by atomic mass is 10.0. The van der Waals surface area contributed by atoms with Gasteiger partial charge in [-0.15, -0.1) is 0 Å². The predicted octanol–water partition coefficient (Wildman–Crippen LogP) is 4.59. The third-order valence-corrected chi connectivity index (χ3v) is 6.10. The zero-order valence-electron chi connectivity index (χ0n) is 18.3. The summed E-state index contributed by atoms with van der Waals surface area (Å²) in [4.78, 5) is 7.14. The summed E-state index contributed by atoms with van der Waals surface area (Å²) >= 11 is 0. The molecule has 0 bridgehead atoms. The van der Waals surface area contributed by atoms with Gasteiger partial charge < -0.3 is 9.84 Å². The maximum Gasteiger partial charge on any atom is 0.162 e. The van der Waals surface area contributed by atoms with Gasteiger partial charge in [0.1, 0.15) is 12.4 Å². The van der Waals surface area contributed by atoms with Crippen molar-refractivity contribution in [1.29, 1.82) is 0 Å². The van der Waals surface area contributed by atoms with Crippen LogP contribution in [0.15, 0.2) is 67.1 Å². The lowest BCUT2D eigenvalue weighted by Crippen LogP contribution is -2.25. The fourth-order valence-electron chi connectivity index (χ4n) is 4.24. The number of aliphatic hydroxyl groups excluding tert-OH is 1. The van der Waals surface area contributed by atoms with Crippen LogP contribution >= 0.6 is 0 Å². The average Bonchev–Trinajstić information content (AvgIpc) is 3.49. The molecule has 0 saturated carbocycles. The second-order valence-electron chi connectivity index (χ2n) is 8.39. The van der Waals surface area contributed by atoms with Crippen molar-refractivity contribution < 1.29 is 9.84 Å². The van der Waals surface area contributed by atoms with Crippen LogP contribution in [0.2, 0.25) is 0 Å². The van der Waals surface area contributed by atoms with Crippen LogP contribution in [-0.4, -0.2) is 50.8 Å². The van der Waals surface area contributed by atoms with Gasteiger partial charge in [-0.05, 0) is 67.7 Å². The molecule has 0 spiro atoms. The van der Waals surface area contributed by atoms with Gasteiger partial charge in [0.2, 0.25) is 0 Å². The summed E-state index contributed by atoms with van der Waals surface area (Å²) in [6.45, 7) is 5.87. The first kappa shape index (κ1) is 20.7. The molecule has 2 aromatic carbocycles. The molecule has 164 valence electrons. The highest BCUT2D eigenvalue weighted by Crippen LogP contribution is 2.28. The lowest BCUT2D eigenvalue weighted by Gasteiger charge is -2.15. The van der Waals surface area contributed by atoms with Crippen molar-refractivity contribution in [1.82, 2.24) is 19.5 Å². The molecule has 1 fully saturated rings. The minimum atomic E-state index is -0.511. The van der Waals surface area contributed by atoms with E-state index < -0.39 is 6.10 Å². The molecule has 6 nitrogen and oxygen atoms in total. The quantitative estimate of drug-likeness (QED) is 0.466. The van der Waals surface area contributed by atoms with E-state index in [1.165, 1.54) is 25.9 Å². The van der Waals surface area contributed by atoms with E-state index in [4.69, 9.17) is 4.74 Å². The van der Waals surface area contributed by atoms with E-state index in [1.54, 1.807) is 11.4 Å². The third kappa shape index (κ3) is 4.38. The normalized spacial score (nSPS) is 15.3. The monoisotopic (exact) mass is 428 g/mol. The van der Waals surface area contributed by atoms with E-state index in [9.17, 15) is 5.11 Å². The van der Waals surface area contributed by atoms with Gasteiger partial charge in [-0.2, -0.15) is 5.10 Å². The standard InChI is InChI=1S/C26H28N4O2/c1-19(31)21-5-4-6-22(15-21)25-17-28-30-18-23(16-27-26(25)30)20-7-9-24(10-8-20)32-14-13-29-11-2-3-12-29/h4-10,15-19,31H,2-3,11-14H2,1H3/t19-/m0/s1. The van der Waals surface area contributed by atoms with Crippen molar-refractivity contribution >= 4 is 5.65 Å². The number of fused-ring (bicyclic) bond motifs is 1. The van der Waals surface area contributed by atoms with Crippen molar-refractivity contribution in [2.75, 3.05) is 26.2 Å². The molecular formula is C26H28N4O2. The topological polar surface area (TPSA) is 62.9 Å². The van der Waals surface area contributed by atoms with E-state index in [0.717, 1.165) is 52.4 Å². The van der Waals surface area contributed by atoms with Crippen molar-refractivity contribution in [2.45, 2.75) is 25.9 Å². The van der Waals surface area contributed by atoms with Crippen LogP contribution in [0.5, 0.6) is 5.75 Å². The Kier molecular flexibility index (Phi) is 5.88. The molecule has 1 N–H and O–H groups in total.